The molecule has 5 heteroatoms. The molecule has 116 valence electrons. The SMILES string of the molecule is CN(C)CCN(C(=O)c1cc(Cl)cc(Br)c1)C1CCCC1. The van der Waals surface area contributed by atoms with Crippen molar-refractivity contribution in [3.05, 3.63) is 33.3 Å². The first-order valence-corrected chi connectivity index (χ1v) is 8.56. The lowest BCUT2D eigenvalue weighted by atomic mass is 10.1. The van der Waals surface area contributed by atoms with Gasteiger partial charge in [0, 0.05) is 34.2 Å². The summed E-state index contributed by atoms with van der Waals surface area (Å²) in [6.07, 6.45) is 4.66. The Labute approximate surface area is 140 Å². The molecule has 2 rings (SSSR count). The monoisotopic (exact) mass is 372 g/mol. The van der Waals surface area contributed by atoms with Crippen molar-refractivity contribution in [2.24, 2.45) is 0 Å². The number of hydrogen-bond acceptors (Lipinski definition) is 2. The van der Waals surface area contributed by atoms with Crippen LogP contribution in [0.3, 0.4) is 0 Å². The average molecular weight is 374 g/mol. The molecule has 3 nitrogen and oxygen atoms in total. The third-order valence-electron chi connectivity index (χ3n) is 3.92. The molecule has 1 aliphatic carbocycles. The van der Waals surface area contributed by atoms with Gasteiger partial charge in [0.15, 0.2) is 0 Å². The van der Waals surface area contributed by atoms with Crippen LogP contribution in [0.2, 0.25) is 5.02 Å². The summed E-state index contributed by atoms with van der Waals surface area (Å²) < 4.78 is 0.845. The lowest BCUT2D eigenvalue weighted by Gasteiger charge is -2.30. The Balaban J connectivity index is 2.19. The number of halogens is 2. The van der Waals surface area contributed by atoms with E-state index in [1.807, 2.05) is 25.1 Å². The molecular weight excluding hydrogens is 352 g/mol. The van der Waals surface area contributed by atoms with Gasteiger partial charge in [-0.05, 0) is 45.1 Å². The van der Waals surface area contributed by atoms with Crippen LogP contribution in [0.1, 0.15) is 36.0 Å². The maximum absolute atomic E-state index is 12.9. The quantitative estimate of drug-likeness (QED) is 0.777. The van der Waals surface area contributed by atoms with Crippen LogP contribution in [0.5, 0.6) is 0 Å². The number of hydrogen-bond donors (Lipinski definition) is 0. The number of carbonyl (C=O) groups excluding carboxylic acids is 1. The molecule has 1 fully saturated rings. The first kappa shape index (κ1) is 16.8. The number of amides is 1. The average Bonchev–Trinajstić information content (AvgIpc) is 2.91. The molecule has 0 aliphatic heterocycles. The molecule has 1 saturated carbocycles. The van der Waals surface area contributed by atoms with Gasteiger partial charge in [-0.25, -0.2) is 0 Å². The minimum atomic E-state index is 0.0898. The number of nitrogens with zero attached hydrogens (tertiary/aromatic N) is 2. The van der Waals surface area contributed by atoms with Crippen molar-refractivity contribution < 1.29 is 4.79 Å². The van der Waals surface area contributed by atoms with Gasteiger partial charge in [0.2, 0.25) is 0 Å². The second-order valence-corrected chi connectivity index (χ2v) is 7.25. The molecule has 0 saturated heterocycles. The predicted octanol–water partition coefficient (Wildman–Crippen LogP) is 4.05. The number of likely N-dealkylation sites (N-methyl/N-ethyl adjacent to an activating group) is 1. The zero-order chi connectivity index (χ0) is 15.4. The Morgan fingerprint density at radius 1 is 1.24 bits per heavy atom. The molecule has 0 aromatic heterocycles. The van der Waals surface area contributed by atoms with Crippen LogP contribution in [-0.2, 0) is 0 Å². The first-order chi connectivity index (χ1) is 9.97. The maximum Gasteiger partial charge on any atom is 0.254 e. The second-order valence-electron chi connectivity index (χ2n) is 5.90. The maximum atomic E-state index is 12.9. The third-order valence-corrected chi connectivity index (χ3v) is 4.60. The van der Waals surface area contributed by atoms with E-state index in [9.17, 15) is 4.79 Å². The topological polar surface area (TPSA) is 23.6 Å². The molecule has 0 spiro atoms. The van der Waals surface area contributed by atoms with E-state index in [1.165, 1.54) is 12.8 Å². The molecular formula is C16H22BrClN2O. The van der Waals surface area contributed by atoms with E-state index in [1.54, 1.807) is 12.1 Å². The number of benzene rings is 1. The van der Waals surface area contributed by atoms with Crippen molar-refractivity contribution in [2.75, 3.05) is 27.2 Å². The lowest BCUT2D eigenvalue weighted by molar-refractivity contribution is 0.0667. The highest BCUT2D eigenvalue weighted by Crippen LogP contribution is 2.26. The van der Waals surface area contributed by atoms with Gasteiger partial charge in [0.1, 0.15) is 0 Å². The van der Waals surface area contributed by atoms with Crippen molar-refractivity contribution >= 4 is 33.4 Å². The summed E-state index contributed by atoms with van der Waals surface area (Å²) in [4.78, 5) is 17.0. The standard InChI is InChI=1S/C16H22BrClN2O/c1-19(2)7-8-20(15-5-3-4-6-15)16(21)12-9-13(17)11-14(18)10-12/h9-11,15H,3-8H2,1-2H3. The molecule has 0 atom stereocenters. The van der Waals surface area contributed by atoms with Gasteiger partial charge in [-0.2, -0.15) is 0 Å². The highest BCUT2D eigenvalue weighted by Gasteiger charge is 2.27. The van der Waals surface area contributed by atoms with E-state index in [2.05, 4.69) is 20.8 Å². The molecule has 1 aliphatic rings. The van der Waals surface area contributed by atoms with E-state index in [0.29, 0.717) is 16.6 Å². The van der Waals surface area contributed by atoms with Gasteiger partial charge in [-0.1, -0.05) is 40.4 Å². The van der Waals surface area contributed by atoms with Crippen LogP contribution in [0.25, 0.3) is 0 Å². The van der Waals surface area contributed by atoms with Crippen LogP contribution in [0.15, 0.2) is 22.7 Å². The Morgan fingerprint density at radius 3 is 2.48 bits per heavy atom. The van der Waals surface area contributed by atoms with E-state index in [4.69, 9.17) is 11.6 Å². The molecule has 0 heterocycles. The van der Waals surface area contributed by atoms with Gasteiger partial charge in [0.25, 0.3) is 5.91 Å². The molecule has 1 aromatic rings. The minimum absolute atomic E-state index is 0.0898. The lowest BCUT2D eigenvalue weighted by Crippen LogP contribution is -2.42. The highest BCUT2D eigenvalue weighted by atomic mass is 79.9. The minimum Gasteiger partial charge on any atom is -0.334 e. The van der Waals surface area contributed by atoms with Crippen LogP contribution >= 0.6 is 27.5 Å². The first-order valence-electron chi connectivity index (χ1n) is 7.39. The predicted molar refractivity (Wildman–Crippen MR) is 91.0 cm³/mol. The molecule has 0 radical (unpaired) electrons. The van der Waals surface area contributed by atoms with Crippen LogP contribution in [-0.4, -0.2) is 48.9 Å². The van der Waals surface area contributed by atoms with E-state index in [-0.39, 0.29) is 5.91 Å². The van der Waals surface area contributed by atoms with Gasteiger partial charge >= 0.3 is 0 Å². The van der Waals surface area contributed by atoms with Crippen LogP contribution in [0.4, 0.5) is 0 Å². The fraction of sp³-hybridized carbons (Fsp3) is 0.562. The van der Waals surface area contributed by atoms with Crippen molar-refractivity contribution in [1.29, 1.82) is 0 Å². The Morgan fingerprint density at radius 2 is 1.90 bits per heavy atom. The zero-order valence-corrected chi connectivity index (χ0v) is 15.0. The summed E-state index contributed by atoms with van der Waals surface area (Å²) in [6, 6.07) is 5.78. The van der Waals surface area contributed by atoms with E-state index >= 15 is 0 Å². The Kier molecular flexibility index (Phi) is 6.08. The fourth-order valence-corrected chi connectivity index (χ4v) is 3.68. The summed E-state index contributed by atoms with van der Waals surface area (Å²) in [5, 5.41) is 0.590. The second kappa shape index (κ2) is 7.61. The van der Waals surface area contributed by atoms with Crippen molar-refractivity contribution in [1.82, 2.24) is 9.80 Å². The van der Waals surface area contributed by atoms with Gasteiger partial charge in [0.05, 0.1) is 0 Å². The molecule has 0 unspecified atom stereocenters. The zero-order valence-electron chi connectivity index (χ0n) is 12.6. The van der Waals surface area contributed by atoms with Gasteiger partial charge in [-0.15, -0.1) is 0 Å². The van der Waals surface area contributed by atoms with Crippen molar-refractivity contribution in [3.63, 3.8) is 0 Å². The Bertz CT molecular complexity index is 481. The largest absolute Gasteiger partial charge is 0.334 e. The smallest absolute Gasteiger partial charge is 0.254 e. The third kappa shape index (κ3) is 4.70. The van der Waals surface area contributed by atoms with Crippen LogP contribution < -0.4 is 0 Å². The summed E-state index contributed by atoms with van der Waals surface area (Å²) in [5.74, 6) is 0.0898. The number of carbonyl (C=O) groups is 1. The van der Waals surface area contributed by atoms with Crippen molar-refractivity contribution in [3.8, 4) is 0 Å². The Hall–Kier alpha value is -0.580. The van der Waals surface area contributed by atoms with Crippen molar-refractivity contribution in [2.45, 2.75) is 31.7 Å². The molecule has 21 heavy (non-hydrogen) atoms. The summed E-state index contributed by atoms with van der Waals surface area (Å²) in [6.45, 7) is 1.64. The molecule has 0 bridgehead atoms. The molecule has 0 N–H and O–H groups in total. The summed E-state index contributed by atoms with van der Waals surface area (Å²) >= 11 is 9.49. The highest BCUT2D eigenvalue weighted by molar-refractivity contribution is 9.10. The molecule has 1 aromatic carbocycles. The fourth-order valence-electron chi connectivity index (χ4n) is 2.82. The van der Waals surface area contributed by atoms with E-state index < -0.39 is 0 Å². The summed E-state index contributed by atoms with van der Waals surface area (Å²) in [5.41, 5.74) is 0.667. The normalized spacial score (nSPS) is 15.7. The summed E-state index contributed by atoms with van der Waals surface area (Å²) in [7, 11) is 4.07. The number of rotatable bonds is 5. The van der Waals surface area contributed by atoms with Gasteiger partial charge < -0.3 is 9.80 Å². The van der Waals surface area contributed by atoms with E-state index in [0.717, 1.165) is 30.4 Å². The van der Waals surface area contributed by atoms with Gasteiger partial charge in [-0.3, -0.25) is 4.79 Å². The molecule has 1 amide bonds. The van der Waals surface area contributed by atoms with Crippen LogP contribution in [0, 0.1) is 0 Å².